The van der Waals surface area contributed by atoms with Crippen LogP contribution in [-0.2, 0) is 31.2 Å². The Kier molecular flexibility index (Phi) is 6.32. The number of ether oxygens (including phenoxy) is 1. The summed E-state index contributed by atoms with van der Waals surface area (Å²) in [7, 11) is 2.69. The fraction of sp³-hybridized carbons (Fsp3) is 0.348. The minimum Gasteiger partial charge on any atom is -0.464 e. The average molecular weight is 394 g/mol. The summed E-state index contributed by atoms with van der Waals surface area (Å²) in [4.78, 5) is 22.5. The first-order valence-corrected chi connectivity index (χ1v) is 9.51. The highest BCUT2D eigenvalue weighted by molar-refractivity contribution is 6.43. The quantitative estimate of drug-likeness (QED) is 0.384. The van der Waals surface area contributed by atoms with Gasteiger partial charge in [0.2, 0.25) is 0 Å². The monoisotopic (exact) mass is 394 g/mol. The van der Waals surface area contributed by atoms with Crippen molar-refractivity contribution < 1.29 is 19.2 Å². The van der Waals surface area contributed by atoms with Crippen molar-refractivity contribution in [3.63, 3.8) is 0 Å². The zero-order valence-corrected chi connectivity index (χ0v) is 17.2. The Morgan fingerprint density at radius 2 is 1.76 bits per heavy atom. The van der Waals surface area contributed by atoms with E-state index in [1.807, 2.05) is 31.2 Å². The molecule has 6 heteroatoms. The predicted octanol–water partition coefficient (Wildman–Crippen LogP) is 4.08. The van der Waals surface area contributed by atoms with Gasteiger partial charge < -0.3 is 14.4 Å². The lowest BCUT2D eigenvalue weighted by atomic mass is 9.94. The van der Waals surface area contributed by atoms with E-state index < -0.39 is 5.97 Å². The van der Waals surface area contributed by atoms with Gasteiger partial charge in [-0.3, -0.25) is 0 Å². The summed E-state index contributed by atoms with van der Waals surface area (Å²) in [6.07, 6.45) is 1.05. The summed E-state index contributed by atoms with van der Waals surface area (Å²) in [5, 5.41) is 8.15. The molecule has 29 heavy (non-hydrogen) atoms. The minimum atomic E-state index is -0.574. The minimum absolute atomic E-state index is 0.0914. The molecule has 0 bridgehead atoms. The first-order chi connectivity index (χ1) is 14.0. The summed E-state index contributed by atoms with van der Waals surface area (Å²) < 4.78 is 4.80. The van der Waals surface area contributed by atoms with Crippen LogP contribution < -0.4 is 0 Å². The molecule has 6 nitrogen and oxygen atoms in total. The normalized spacial score (nSPS) is 21.4. The van der Waals surface area contributed by atoms with Crippen molar-refractivity contribution in [1.82, 2.24) is 0 Å². The number of carbonyl (C=O) groups is 1. The summed E-state index contributed by atoms with van der Waals surface area (Å²) in [5.74, 6) is -0.212. The number of rotatable bonds is 8. The number of nitrogens with zero attached hydrogens (tertiary/aromatic N) is 2. The molecule has 1 aliphatic rings. The van der Waals surface area contributed by atoms with Crippen LogP contribution in [-0.4, -0.2) is 31.6 Å². The third-order valence-electron chi connectivity index (χ3n) is 5.44. The highest BCUT2D eigenvalue weighted by atomic mass is 16.6. The Labute approximate surface area is 171 Å². The molecule has 0 saturated heterocycles. The van der Waals surface area contributed by atoms with Gasteiger partial charge in [0.15, 0.2) is 5.71 Å². The molecule has 0 aromatic heterocycles. The SMILES string of the molecule is CO/N=C(\C(=O)OC)c1ccccc1CO/N=C(/C)C1CC1(C)c1ccccc1. The fourth-order valence-electron chi connectivity index (χ4n) is 3.64. The van der Waals surface area contributed by atoms with Crippen LogP contribution in [0, 0.1) is 5.92 Å². The number of hydrogen-bond donors (Lipinski definition) is 0. The second kappa shape index (κ2) is 8.90. The van der Waals surface area contributed by atoms with Gasteiger partial charge in [-0.2, -0.15) is 0 Å². The molecule has 0 heterocycles. The number of methoxy groups -OCH3 is 1. The molecule has 0 N–H and O–H groups in total. The van der Waals surface area contributed by atoms with E-state index in [9.17, 15) is 4.79 Å². The van der Waals surface area contributed by atoms with Crippen molar-refractivity contribution >= 4 is 17.4 Å². The van der Waals surface area contributed by atoms with Crippen molar-refractivity contribution in [3.8, 4) is 0 Å². The average Bonchev–Trinajstić information content (AvgIpc) is 3.46. The van der Waals surface area contributed by atoms with Gasteiger partial charge in [0.25, 0.3) is 0 Å². The van der Waals surface area contributed by atoms with Gasteiger partial charge in [-0.1, -0.05) is 71.8 Å². The van der Waals surface area contributed by atoms with E-state index in [1.165, 1.54) is 19.8 Å². The van der Waals surface area contributed by atoms with E-state index in [4.69, 9.17) is 14.4 Å². The molecule has 1 aliphatic carbocycles. The van der Waals surface area contributed by atoms with E-state index in [2.05, 4.69) is 41.5 Å². The van der Waals surface area contributed by atoms with Gasteiger partial charge >= 0.3 is 5.97 Å². The van der Waals surface area contributed by atoms with Gasteiger partial charge in [0.1, 0.15) is 13.7 Å². The van der Waals surface area contributed by atoms with E-state index in [0.29, 0.717) is 11.5 Å². The Balaban J connectivity index is 1.70. The highest BCUT2D eigenvalue weighted by Crippen LogP contribution is 2.54. The second-order valence-electron chi connectivity index (χ2n) is 7.32. The van der Waals surface area contributed by atoms with Crippen molar-refractivity contribution in [1.29, 1.82) is 0 Å². The maximum absolute atomic E-state index is 12.0. The van der Waals surface area contributed by atoms with Crippen LogP contribution >= 0.6 is 0 Å². The Morgan fingerprint density at radius 3 is 2.45 bits per heavy atom. The fourth-order valence-corrected chi connectivity index (χ4v) is 3.64. The first kappa shape index (κ1) is 20.6. The molecule has 0 aliphatic heterocycles. The van der Waals surface area contributed by atoms with Crippen LogP contribution in [0.25, 0.3) is 0 Å². The van der Waals surface area contributed by atoms with Crippen molar-refractivity contribution in [3.05, 3.63) is 71.3 Å². The lowest BCUT2D eigenvalue weighted by molar-refractivity contribution is -0.132. The zero-order valence-electron chi connectivity index (χ0n) is 17.2. The Bertz CT molecular complexity index is 923. The van der Waals surface area contributed by atoms with Crippen LogP contribution in [0.2, 0.25) is 0 Å². The standard InChI is InChI=1S/C23H26N2O4/c1-16(20-14-23(20,2)18-11-6-5-7-12-18)24-29-15-17-10-8-9-13-19(17)21(25-28-4)22(26)27-3/h5-13,20H,14-15H2,1-4H3/b24-16-,25-21-. The first-order valence-electron chi connectivity index (χ1n) is 9.51. The van der Waals surface area contributed by atoms with Crippen LogP contribution in [0.1, 0.15) is 37.0 Å². The lowest BCUT2D eigenvalue weighted by Gasteiger charge is -2.12. The summed E-state index contributed by atoms with van der Waals surface area (Å²) >= 11 is 0. The van der Waals surface area contributed by atoms with Crippen LogP contribution in [0.5, 0.6) is 0 Å². The molecule has 2 unspecified atom stereocenters. The Morgan fingerprint density at radius 1 is 1.07 bits per heavy atom. The maximum atomic E-state index is 12.0. The molecule has 1 fully saturated rings. The topological polar surface area (TPSA) is 69.5 Å². The molecule has 0 amide bonds. The molecule has 3 rings (SSSR count). The second-order valence-corrected chi connectivity index (χ2v) is 7.32. The van der Waals surface area contributed by atoms with E-state index in [1.54, 1.807) is 6.07 Å². The van der Waals surface area contributed by atoms with Gasteiger partial charge in [-0.25, -0.2) is 4.79 Å². The van der Waals surface area contributed by atoms with Gasteiger partial charge in [0.05, 0.1) is 12.8 Å². The van der Waals surface area contributed by atoms with Gasteiger partial charge in [-0.15, -0.1) is 0 Å². The van der Waals surface area contributed by atoms with Crippen molar-refractivity contribution in [2.24, 2.45) is 16.2 Å². The molecule has 2 atom stereocenters. The van der Waals surface area contributed by atoms with Crippen LogP contribution in [0.3, 0.4) is 0 Å². The number of carbonyl (C=O) groups excluding carboxylic acids is 1. The van der Waals surface area contributed by atoms with Gasteiger partial charge in [0, 0.05) is 22.5 Å². The molecule has 152 valence electrons. The molecule has 2 aromatic rings. The molecule has 0 radical (unpaired) electrons. The molecular formula is C23H26N2O4. The maximum Gasteiger partial charge on any atom is 0.360 e. The van der Waals surface area contributed by atoms with E-state index in [-0.39, 0.29) is 17.7 Å². The summed E-state index contributed by atoms with van der Waals surface area (Å²) in [6.45, 7) is 4.46. The van der Waals surface area contributed by atoms with Crippen LogP contribution in [0.4, 0.5) is 0 Å². The molecule has 1 saturated carbocycles. The third kappa shape index (κ3) is 4.47. The van der Waals surface area contributed by atoms with Crippen molar-refractivity contribution in [2.75, 3.05) is 14.2 Å². The van der Waals surface area contributed by atoms with Crippen molar-refractivity contribution in [2.45, 2.75) is 32.3 Å². The Hall–Kier alpha value is -3.15. The molecule has 2 aromatic carbocycles. The van der Waals surface area contributed by atoms with Gasteiger partial charge in [-0.05, 0) is 18.9 Å². The third-order valence-corrected chi connectivity index (χ3v) is 5.44. The lowest BCUT2D eigenvalue weighted by Crippen LogP contribution is -2.19. The smallest absolute Gasteiger partial charge is 0.360 e. The number of benzene rings is 2. The summed E-state index contributed by atoms with van der Waals surface area (Å²) in [5.41, 5.74) is 3.85. The molecule has 0 spiro atoms. The zero-order chi connectivity index (χ0) is 20.9. The number of esters is 1. The summed E-state index contributed by atoms with van der Waals surface area (Å²) in [6, 6.07) is 17.8. The van der Waals surface area contributed by atoms with E-state index >= 15 is 0 Å². The number of hydrogen-bond acceptors (Lipinski definition) is 6. The predicted molar refractivity (Wildman–Crippen MR) is 112 cm³/mol. The molecular weight excluding hydrogens is 368 g/mol. The number of oxime groups is 2. The largest absolute Gasteiger partial charge is 0.464 e. The highest BCUT2D eigenvalue weighted by Gasteiger charge is 2.52. The van der Waals surface area contributed by atoms with Crippen LogP contribution in [0.15, 0.2) is 64.9 Å². The van der Waals surface area contributed by atoms with E-state index in [0.717, 1.165) is 17.7 Å².